The number of halogens is 2. The molecule has 1 aliphatic rings. The first-order chi connectivity index (χ1) is 8.69. The standard InChI is InChI=1S/C15H20ClIO/c1-11-3-2-4-14(9-11)18-15(10-17)12-5-7-13(16)8-6-12/h5-8,11,14-15H,2-4,9-10H2,1H3. The fraction of sp³-hybridized carbons (Fsp3) is 0.600. The second-order valence-corrected chi connectivity index (χ2v) is 6.54. The number of rotatable bonds is 4. The molecule has 3 atom stereocenters. The number of hydrogen-bond acceptors (Lipinski definition) is 1. The minimum absolute atomic E-state index is 0.207. The molecule has 0 bridgehead atoms. The van der Waals surface area contributed by atoms with Crippen molar-refractivity contribution < 1.29 is 4.74 Å². The molecule has 1 aliphatic carbocycles. The Bertz CT molecular complexity index is 365. The number of hydrogen-bond donors (Lipinski definition) is 0. The maximum atomic E-state index is 6.29. The maximum absolute atomic E-state index is 6.29. The van der Waals surface area contributed by atoms with E-state index in [4.69, 9.17) is 16.3 Å². The molecule has 0 aromatic heterocycles. The van der Waals surface area contributed by atoms with E-state index >= 15 is 0 Å². The van der Waals surface area contributed by atoms with E-state index in [1.807, 2.05) is 12.1 Å². The highest BCUT2D eigenvalue weighted by atomic mass is 127. The minimum atomic E-state index is 0.207. The highest BCUT2D eigenvalue weighted by molar-refractivity contribution is 14.1. The maximum Gasteiger partial charge on any atom is 0.0918 e. The van der Waals surface area contributed by atoms with Crippen molar-refractivity contribution in [1.29, 1.82) is 0 Å². The van der Waals surface area contributed by atoms with Crippen LogP contribution >= 0.6 is 34.2 Å². The van der Waals surface area contributed by atoms with Crippen LogP contribution in [0.5, 0.6) is 0 Å². The van der Waals surface area contributed by atoms with Gasteiger partial charge in [0.15, 0.2) is 0 Å². The van der Waals surface area contributed by atoms with E-state index in [-0.39, 0.29) is 6.10 Å². The molecule has 1 fully saturated rings. The van der Waals surface area contributed by atoms with Crippen LogP contribution in [0, 0.1) is 5.92 Å². The largest absolute Gasteiger partial charge is 0.369 e. The molecule has 0 saturated heterocycles. The summed E-state index contributed by atoms with van der Waals surface area (Å²) in [6.07, 6.45) is 5.73. The Kier molecular flexibility index (Phi) is 5.77. The first kappa shape index (κ1) is 14.6. The fourth-order valence-electron chi connectivity index (χ4n) is 2.62. The van der Waals surface area contributed by atoms with Crippen molar-refractivity contribution in [2.75, 3.05) is 4.43 Å². The van der Waals surface area contributed by atoms with Gasteiger partial charge in [-0.2, -0.15) is 0 Å². The topological polar surface area (TPSA) is 9.23 Å². The Hall–Kier alpha value is 0.200. The smallest absolute Gasteiger partial charge is 0.0918 e. The van der Waals surface area contributed by atoms with Crippen molar-refractivity contribution in [3.8, 4) is 0 Å². The molecule has 3 unspecified atom stereocenters. The first-order valence-electron chi connectivity index (χ1n) is 6.66. The van der Waals surface area contributed by atoms with Crippen molar-refractivity contribution in [3.63, 3.8) is 0 Å². The first-order valence-corrected chi connectivity index (χ1v) is 8.56. The molecule has 0 amide bonds. The number of benzene rings is 1. The summed E-state index contributed by atoms with van der Waals surface area (Å²) < 4.78 is 7.28. The van der Waals surface area contributed by atoms with Gasteiger partial charge in [0.2, 0.25) is 0 Å². The van der Waals surface area contributed by atoms with Crippen molar-refractivity contribution in [3.05, 3.63) is 34.9 Å². The highest BCUT2D eigenvalue weighted by Gasteiger charge is 2.23. The van der Waals surface area contributed by atoms with Gasteiger partial charge in [0.25, 0.3) is 0 Å². The Balaban J connectivity index is 1.98. The van der Waals surface area contributed by atoms with Crippen LogP contribution in [0.15, 0.2) is 24.3 Å². The van der Waals surface area contributed by atoms with Gasteiger partial charge in [-0.15, -0.1) is 0 Å². The molecular weight excluding hydrogens is 359 g/mol. The Morgan fingerprint density at radius 1 is 1.33 bits per heavy atom. The van der Waals surface area contributed by atoms with Crippen molar-refractivity contribution in [1.82, 2.24) is 0 Å². The van der Waals surface area contributed by atoms with Crippen LogP contribution in [0.25, 0.3) is 0 Å². The fourth-order valence-corrected chi connectivity index (χ4v) is 3.46. The van der Waals surface area contributed by atoms with Gasteiger partial charge >= 0.3 is 0 Å². The van der Waals surface area contributed by atoms with Gasteiger partial charge in [-0.05, 0) is 36.5 Å². The van der Waals surface area contributed by atoms with Gasteiger partial charge in [-0.1, -0.05) is 66.1 Å². The SMILES string of the molecule is CC1CCCC(OC(CI)c2ccc(Cl)cc2)C1. The lowest BCUT2D eigenvalue weighted by Gasteiger charge is -2.30. The summed E-state index contributed by atoms with van der Waals surface area (Å²) in [5, 5.41) is 0.789. The monoisotopic (exact) mass is 378 g/mol. The zero-order valence-corrected chi connectivity index (χ0v) is 13.7. The summed E-state index contributed by atoms with van der Waals surface area (Å²) in [6.45, 7) is 2.33. The second-order valence-electron chi connectivity index (χ2n) is 5.22. The van der Waals surface area contributed by atoms with Crippen LogP contribution in [0.4, 0.5) is 0 Å². The lowest BCUT2D eigenvalue weighted by molar-refractivity contribution is -0.0283. The van der Waals surface area contributed by atoms with Crippen LogP contribution in [-0.4, -0.2) is 10.5 Å². The summed E-state index contributed by atoms with van der Waals surface area (Å²) in [6, 6.07) is 8.06. The molecule has 1 aromatic carbocycles. The molecule has 0 radical (unpaired) electrons. The second kappa shape index (κ2) is 7.11. The molecule has 1 nitrogen and oxygen atoms in total. The predicted molar refractivity (Wildman–Crippen MR) is 85.6 cm³/mol. The van der Waals surface area contributed by atoms with Crippen LogP contribution < -0.4 is 0 Å². The Morgan fingerprint density at radius 2 is 2.06 bits per heavy atom. The molecule has 0 heterocycles. The minimum Gasteiger partial charge on any atom is -0.369 e. The van der Waals surface area contributed by atoms with Gasteiger partial charge in [-0.25, -0.2) is 0 Å². The van der Waals surface area contributed by atoms with Crippen LogP contribution in [0.2, 0.25) is 5.02 Å². The average molecular weight is 379 g/mol. The third kappa shape index (κ3) is 4.10. The van der Waals surface area contributed by atoms with Crippen LogP contribution in [0.1, 0.15) is 44.3 Å². The third-order valence-corrected chi connectivity index (χ3v) is 4.68. The van der Waals surface area contributed by atoms with Crippen molar-refractivity contribution >= 4 is 34.2 Å². The summed E-state index contributed by atoms with van der Waals surface area (Å²) in [7, 11) is 0. The molecule has 18 heavy (non-hydrogen) atoms. The quantitative estimate of drug-likeness (QED) is 0.503. The van der Waals surface area contributed by atoms with Gasteiger partial charge < -0.3 is 4.74 Å². The van der Waals surface area contributed by atoms with E-state index in [1.165, 1.54) is 31.2 Å². The van der Waals surface area contributed by atoms with Crippen LogP contribution in [0.3, 0.4) is 0 Å². The average Bonchev–Trinajstić information content (AvgIpc) is 2.37. The molecule has 1 aromatic rings. The van der Waals surface area contributed by atoms with Crippen molar-refractivity contribution in [2.45, 2.75) is 44.8 Å². The predicted octanol–water partition coefficient (Wildman–Crippen LogP) is 5.41. The van der Waals surface area contributed by atoms with Gasteiger partial charge in [0.1, 0.15) is 0 Å². The van der Waals surface area contributed by atoms with Gasteiger partial charge in [0.05, 0.1) is 12.2 Å². The van der Waals surface area contributed by atoms with Gasteiger partial charge in [-0.3, -0.25) is 0 Å². The molecular formula is C15H20ClIO. The Morgan fingerprint density at radius 3 is 2.67 bits per heavy atom. The molecule has 100 valence electrons. The molecule has 3 heteroatoms. The van der Waals surface area contributed by atoms with E-state index in [2.05, 4.69) is 41.6 Å². The van der Waals surface area contributed by atoms with Crippen molar-refractivity contribution in [2.24, 2.45) is 5.92 Å². The van der Waals surface area contributed by atoms with E-state index in [1.54, 1.807) is 0 Å². The summed E-state index contributed by atoms with van der Waals surface area (Å²) >= 11 is 8.33. The van der Waals surface area contributed by atoms with E-state index < -0.39 is 0 Å². The molecule has 1 saturated carbocycles. The number of ether oxygens (including phenoxy) is 1. The van der Waals surface area contributed by atoms with E-state index in [0.717, 1.165) is 15.4 Å². The third-order valence-electron chi connectivity index (χ3n) is 3.63. The zero-order chi connectivity index (χ0) is 13.0. The van der Waals surface area contributed by atoms with E-state index in [9.17, 15) is 0 Å². The molecule has 0 spiro atoms. The zero-order valence-electron chi connectivity index (χ0n) is 10.7. The van der Waals surface area contributed by atoms with E-state index in [0.29, 0.717) is 6.10 Å². The summed E-state index contributed by atoms with van der Waals surface area (Å²) in [5.41, 5.74) is 1.24. The summed E-state index contributed by atoms with van der Waals surface area (Å²) in [4.78, 5) is 0. The normalized spacial score (nSPS) is 25.9. The molecule has 0 N–H and O–H groups in total. The highest BCUT2D eigenvalue weighted by Crippen LogP contribution is 2.31. The number of alkyl halides is 1. The van der Waals surface area contributed by atoms with Gasteiger partial charge in [0, 0.05) is 9.45 Å². The Labute approximate surface area is 128 Å². The molecule has 2 rings (SSSR count). The lowest BCUT2D eigenvalue weighted by Crippen LogP contribution is -2.24. The summed E-state index contributed by atoms with van der Waals surface area (Å²) in [5.74, 6) is 0.809. The van der Waals surface area contributed by atoms with Crippen LogP contribution in [-0.2, 0) is 4.74 Å². The molecule has 0 aliphatic heterocycles. The lowest BCUT2D eigenvalue weighted by atomic mass is 9.88.